The summed E-state index contributed by atoms with van der Waals surface area (Å²) in [5.41, 5.74) is 1.17. The van der Waals surface area contributed by atoms with E-state index in [0.29, 0.717) is 6.04 Å². The maximum Gasteiger partial charge on any atom is 0.203 e. The van der Waals surface area contributed by atoms with E-state index < -0.39 is 0 Å². The van der Waals surface area contributed by atoms with E-state index in [4.69, 9.17) is 0 Å². The van der Waals surface area contributed by atoms with Crippen LogP contribution in [-0.4, -0.2) is 25.8 Å². The van der Waals surface area contributed by atoms with Crippen molar-refractivity contribution < 1.29 is 0 Å². The van der Waals surface area contributed by atoms with Crippen molar-refractivity contribution in [1.29, 1.82) is 0 Å². The molecule has 0 atom stereocenters. The van der Waals surface area contributed by atoms with E-state index in [1.165, 1.54) is 37.7 Å². The van der Waals surface area contributed by atoms with Crippen molar-refractivity contribution in [2.24, 2.45) is 0 Å². The van der Waals surface area contributed by atoms with Crippen molar-refractivity contribution in [2.45, 2.75) is 44.7 Å². The van der Waals surface area contributed by atoms with Gasteiger partial charge in [-0.05, 0) is 12.8 Å². The Labute approximate surface area is 107 Å². The minimum absolute atomic E-state index is 0.587. The van der Waals surface area contributed by atoms with Crippen LogP contribution >= 0.6 is 0 Å². The molecule has 0 saturated heterocycles. The van der Waals surface area contributed by atoms with Crippen LogP contribution in [0.1, 0.15) is 37.7 Å². The summed E-state index contributed by atoms with van der Waals surface area (Å²) in [6, 6.07) is 0.587. The molecule has 1 aliphatic carbocycles. The SMILES string of the molecule is c1cn(Cc2cn[nH]c2)c(NC2CCCCC2)n1. The van der Waals surface area contributed by atoms with Gasteiger partial charge in [0, 0.05) is 30.2 Å². The van der Waals surface area contributed by atoms with Gasteiger partial charge < -0.3 is 9.88 Å². The molecule has 0 radical (unpaired) electrons. The molecule has 5 nitrogen and oxygen atoms in total. The molecule has 2 heterocycles. The number of nitrogens with zero attached hydrogens (tertiary/aromatic N) is 3. The van der Waals surface area contributed by atoms with Gasteiger partial charge in [-0.15, -0.1) is 0 Å². The molecule has 0 aromatic carbocycles. The average Bonchev–Trinajstić information content (AvgIpc) is 3.04. The van der Waals surface area contributed by atoms with Crippen molar-refractivity contribution in [3.63, 3.8) is 0 Å². The lowest BCUT2D eigenvalue weighted by molar-refractivity contribution is 0.459. The van der Waals surface area contributed by atoms with Crippen molar-refractivity contribution in [2.75, 3.05) is 5.32 Å². The molecule has 0 unspecified atom stereocenters. The third-order valence-corrected chi connectivity index (χ3v) is 3.56. The molecule has 96 valence electrons. The first-order valence-corrected chi connectivity index (χ1v) is 6.67. The van der Waals surface area contributed by atoms with Crippen LogP contribution in [0.5, 0.6) is 0 Å². The second kappa shape index (κ2) is 5.25. The molecule has 1 saturated carbocycles. The Bertz CT molecular complexity index is 467. The fourth-order valence-electron chi connectivity index (χ4n) is 2.57. The molecule has 0 amide bonds. The Kier molecular flexibility index (Phi) is 3.30. The summed E-state index contributed by atoms with van der Waals surface area (Å²) >= 11 is 0. The largest absolute Gasteiger partial charge is 0.353 e. The summed E-state index contributed by atoms with van der Waals surface area (Å²) < 4.78 is 2.14. The molecule has 0 aliphatic heterocycles. The molecule has 1 fully saturated rings. The predicted molar refractivity (Wildman–Crippen MR) is 70.4 cm³/mol. The number of aromatic amines is 1. The Balaban J connectivity index is 1.67. The zero-order chi connectivity index (χ0) is 12.2. The van der Waals surface area contributed by atoms with Crippen molar-refractivity contribution in [3.8, 4) is 0 Å². The zero-order valence-electron chi connectivity index (χ0n) is 10.5. The molecule has 18 heavy (non-hydrogen) atoms. The third-order valence-electron chi connectivity index (χ3n) is 3.56. The first-order valence-electron chi connectivity index (χ1n) is 6.67. The van der Waals surface area contributed by atoms with Gasteiger partial charge in [-0.25, -0.2) is 4.98 Å². The third kappa shape index (κ3) is 2.55. The van der Waals surface area contributed by atoms with E-state index in [1.54, 1.807) is 0 Å². The Morgan fingerprint density at radius 2 is 2.22 bits per heavy atom. The molecule has 2 aromatic rings. The molecule has 2 N–H and O–H groups in total. The number of aromatic nitrogens is 4. The lowest BCUT2D eigenvalue weighted by Crippen LogP contribution is -2.24. The molecule has 1 aliphatic rings. The number of nitrogens with one attached hydrogen (secondary N) is 2. The number of anilines is 1. The van der Waals surface area contributed by atoms with Gasteiger partial charge in [0.05, 0.1) is 12.7 Å². The predicted octanol–water partition coefficient (Wildman–Crippen LogP) is 2.40. The second-order valence-corrected chi connectivity index (χ2v) is 4.96. The molecule has 2 aromatic heterocycles. The molecule has 5 heteroatoms. The molecular weight excluding hydrogens is 226 g/mol. The van der Waals surface area contributed by atoms with Gasteiger partial charge in [-0.2, -0.15) is 5.10 Å². The monoisotopic (exact) mass is 245 g/mol. The smallest absolute Gasteiger partial charge is 0.203 e. The van der Waals surface area contributed by atoms with Gasteiger partial charge in [0.2, 0.25) is 5.95 Å². The van der Waals surface area contributed by atoms with Crippen LogP contribution in [0, 0.1) is 0 Å². The number of imidazole rings is 1. The number of hydrogen-bond donors (Lipinski definition) is 2. The highest BCUT2D eigenvalue weighted by atomic mass is 15.2. The van der Waals surface area contributed by atoms with E-state index in [2.05, 4.69) is 25.1 Å². The van der Waals surface area contributed by atoms with Gasteiger partial charge >= 0.3 is 0 Å². The summed E-state index contributed by atoms with van der Waals surface area (Å²) in [6.45, 7) is 0.811. The van der Waals surface area contributed by atoms with E-state index in [0.717, 1.165) is 12.5 Å². The van der Waals surface area contributed by atoms with Crippen LogP contribution in [0.15, 0.2) is 24.8 Å². The van der Waals surface area contributed by atoms with Crippen LogP contribution in [0.4, 0.5) is 5.95 Å². The van der Waals surface area contributed by atoms with Gasteiger partial charge in [0.25, 0.3) is 0 Å². The highest BCUT2D eigenvalue weighted by molar-refractivity contribution is 5.29. The Morgan fingerprint density at radius 3 is 3.00 bits per heavy atom. The summed E-state index contributed by atoms with van der Waals surface area (Å²) in [4.78, 5) is 4.41. The topological polar surface area (TPSA) is 58.5 Å². The lowest BCUT2D eigenvalue weighted by atomic mass is 9.96. The zero-order valence-corrected chi connectivity index (χ0v) is 10.5. The normalized spacial score (nSPS) is 16.9. The van der Waals surface area contributed by atoms with Gasteiger partial charge in [-0.1, -0.05) is 19.3 Å². The first-order chi connectivity index (χ1) is 8.92. The molecule has 0 spiro atoms. The van der Waals surface area contributed by atoms with E-state index in [-0.39, 0.29) is 0 Å². The van der Waals surface area contributed by atoms with Gasteiger partial charge in [0.1, 0.15) is 0 Å². The number of hydrogen-bond acceptors (Lipinski definition) is 3. The first kappa shape index (κ1) is 11.3. The molecule has 3 rings (SSSR count). The molecular formula is C13H19N5. The van der Waals surface area contributed by atoms with E-state index in [1.807, 2.05) is 24.8 Å². The minimum atomic E-state index is 0.587. The average molecular weight is 245 g/mol. The fraction of sp³-hybridized carbons (Fsp3) is 0.538. The second-order valence-electron chi connectivity index (χ2n) is 4.96. The maximum atomic E-state index is 4.41. The number of rotatable bonds is 4. The Hall–Kier alpha value is -1.78. The highest BCUT2D eigenvalue weighted by Gasteiger charge is 2.15. The quantitative estimate of drug-likeness (QED) is 0.869. The Morgan fingerprint density at radius 1 is 1.33 bits per heavy atom. The minimum Gasteiger partial charge on any atom is -0.353 e. The van der Waals surface area contributed by atoms with Crippen LogP contribution in [-0.2, 0) is 6.54 Å². The molecule has 0 bridgehead atoms. The van der Waals surface area contributed by atoms with Crippen LogP contribution in [0.2, 0.25) is 0 Å². The standard InChI is InChI=1S/C13H19N5/c1-2-4-12(5-3-1)17-13-14-6-7-18(13)10-11-8-15-16-9-11/h6-9,12H,1-5,10H2,(H,14,17)(H,15,16). The van der Waals surface area contributed by atoms with Gasteiger partial charge in [-0.3, -0.25) is 5.10 Å². The fourth-order valence-corrected chi connectivity index (χ4v) is 2.57. The summed E-state index contributed by atoms with van der Waals surface area (Å²) in [7, 11) is 0. The highest BCUT2D eigenvalue weighted by Crippen LogP contribution is 2.21. The van der Waals surface area contributed by atoms with Crippen molar-refractivity contribution in [1.82, 2.24) is 19.7 Å². The number of H-pyrrole nitrogens is 1. The van der Waals surface area contributed by atoms with Crippen LogP contribution < -0.4 is 5.32 Å². The lowest BCUT2D eigenvalue weighted by Gasteiger charge is -2.23. The van der Waals surface area contributed by atoms with Crippen LogP contribution in [0.25, 0.3) is 0 Å². The summed E-state index contributed by atoms with van der Waals surface area (Å²) in [5.74, 6) is 0.975. The van der Waals surface area contributed by atoms with Crippen molar-refractivity contribution in [3.05, 3.63) is 30.4 Å². The van der Waals surface area contributed by atoms with Crippen LogP contribution in [0.3, 0.4) is 0 Å². The van der Waals surface area contributed by atoms with Crippen molar-refractivity contribution >= 4 is 5.95 Å². The summed E-state index contributed by atoms with van der Waals surface area (Å²) in [5, 5.41) is 10.4. The van der Waals surface area contributed by atoms with Gasteiger partial charge in [0.15, 0.2) is 0 Å². The summed E-state index contributed by atoms with van der Waals surface area (Å²) in [6.07, 6.45) is 14.2. The maximum absolute atomic E-state index is 4.41. The van der Waals surface area contributed by atoms with E-state index in [9.17, 15) is 0 Å². The van der Waals surface area contributed by atoms with E-state index >= 15 is 0 Å².